The fraction of sp³-hybridized carbons (Fsp3) is 0.500. The lowest BCUT2D eigenvalue weighted by Gasteiger charge is -2.28. The van der Waals surface area contributed by atoms with Gasteiger partial charge in [-0.15, -0.1) is 0 Å². The van der Waals surface area contributed by atoms with Crippen molar-refractivity contribution in [2.45, 2.75) is 51.2 Å². The lowest BCUT2D eigenvalue weighted by molar-refractivity contribution is 0.212. The molecule has 0 amide bonds. The Balaban J connectivity index is 1.40. The second-order valence-corrected chi connectivity index (χ2v) is 9.84. The molecule has 0 spiro atoms. The second-order valence-electron chi connectivity index (χ2n) is 9.84. The summed E-state index contributed by atoms with van der Waals surface area (Å²) in [7, 11) is 4.12. The number of piperidine rings is 1. The molecule has 0 radical (unpaired) electrons. The number of hydrogen-bond donors (Lipinski definition) is 2. The van der Waals surface area contributed by atoms with Crippen LogP contribution >= 0.6 is 0 Å². The summed E-state index contributed by atoms with van der Waals surface area (Å²) in [5.41, 5.74) is 10.3. The zero-order valence-electron chi connectivity index (χ0n) is 20.9. The number of nitrogens with zero attached hydrogens (tertiary/aromatic N) is 6. The number of aromatic nitrogens is 4. The van der Waals surface area contributed by atoms with Gasteiger partial charge in [0.2, 0.25) is 0 Å². The smallest absolute Gasteiger partial charge is 0.263 e. The first-order valence-corrected chi connectivity index (χ1v) is 12.6. The largest absolute Gasteiger partial charge is 0.433 e. The summed E-state index contributed by atoms with van der Waals surface area (Å²) in [4.78, 5) is 14.0. The number of hydrogen-bond acceptors (Lipinski definition) is 8. The highest BCUT2D eigenvalue weighted by atomic mass is 16.5. The molecule has 0 aliphatic carbocycles. The van der Waals surface area contributed by atoms with Gasteiger partial charge in [0.1, 0.15) is 0 Å². The first-order valence-electron chi connectivity index (χ1n) is 12.6. The van der Waals surface area contributed by atoms with E-state index in [0.717, 1.165) is 50.3 Å². The molecule has 2 saturated heterocycles. The highest BCUT2D eigenvalue weighted by molar-refractivity contribution is 5.68. The Kier molecular flexibility index (Phi) is 6.88. The van der Waals surface area contributed by atoms with E-state index < -0.39 is 0 Å². The number of nitrogen functional groups attached to an aromatic ring is 1. The van der Waals surface area contributed by atoms with Gasteiger partial charge in [-0.05, 0) is 83.6 Å². The van der Waals surface area contributed by atoms with Crippen LogP contribution in [0.1, 0.15) is 44.2 Å². The van der Waals surface area contributed by atoms with Crippen LogP contribution in [0.3, 0.4) is 0 Å². The minimum Gasteiger partial charge on any atom is -0.433 e. The minimum atomic E-state index is 0.264. The first kappa shape index (κ1) is 23.6. The summed E-state index contributed by atoms with van der Waals surface area (Å²) < 4.78 is 8.07. The van der Waals surface area contributed by atoms with Gasteiger partial charge in [-0.25, -0.2) is 9.97 Å². The van der Waals surface area contributed by atoms with Crippen molar-refractivity contribution in [1.29, 1.82) is 0 Å². The average molecular weight is 477 g/mol. The lowest BCUT2D eigenvalue weighted by atomic mass is 10.1. The Labute approximate surface area is 207 Å². The summed E-state index contributed by atoms with van der Waals surface area (Å²) in [5.74, 6) is 1.19. The zero-order valence-corrected chi connectivity index (χ0v) is 20.9. The number of nitrogens with one attached hydrogen (secondary N) is 1. The molecule has 2 aliphatic rings. The van der Waals surface area contributed by atoms with Gasteiger partial charge in [0.15, 0.2) is 11.6 Å². The molecule has 2 aromatic heterocycles. The highest BCUT2D eigenvalue weighted by Crippen LogP contribution is 2.33. The monoisotopic (exact) mass is 476 g/mol. The average Bonchev–Trinajstić information content (AvgIpc) is 3.50. The van der Waals surface area contributed by atoms with E-state index in [2.05, 4.69) is 57.4 Å². The Bertz CT molecular complexity index is 1150. The molecular weight excluding hydrogens is 440 g/mol. The summed E-state index contributed by atoms with van der Waals surface area (Å²) in [6, 6.07) is 7.54. The molecule has 3 N–H and O–H groups in total. The number of benzene rings is 1. The van der Waals surface area contributed by atoms with Gasteiger partial charge in [-0.3, -0.25) is 4.68 Å². The molecule has 1 aromatic carbocycles. The van der Waals surface area contributed by atoms with Gasteiger partial charge >= 0.3 is 0 Å². The van der Waals surface area contributed by atoms with E-state index in [1.165, 1.54) is 24.1 Å². The van der Waals surface area contributed by atoms with E-state index in [1.54, 1.807) is 12.4 Å². The van der Waals surface area contributed by atoms with E-state index in [1.807, 2.05) is 17.9 Å². The number of anilines is 2. The van der Waals surface area contributed by atoms with E-state index in [4.69, 9.17) is 15.5 Å². The van der Waals surface area contributed by atoms with Crippen LogP contribution in [0, 0.1) is 0 Å². The standard InChI is InChI=1S/C26H36N8O/c1-18-5-4-8-33(18)22-12-19(14-28-2)11-20(13-22)24-16-29-25(27)26(31-24)35-23-15-30-34(17-23)21-6-9-32(3)10-7-21/h11-13,15-18,21,28H,4-10,14H2,1-3H3,(H2,27,29)/t18-/m1/s1. The molecule has 3 aromatic rings. The number of ether oxygens (including phenoxy) is 1. The molecule has 0 saturated carbocycles. The predicted molar refractivity (Wildman–Crippen MR) is 139 cm³/mol. The van der Waals surface area contributed by atoms with Gasteiger partial charge in [0, 0.05) is 30.4 Å². The Morgan fingerprint density at radius 1 is 1.11 bits per heavy atom. The molecule has 4 heterocycles. The maximum absolute atomic E-state index is 6.16. The van der Waals surface area contributed by atoms with Crippen LogP contribution in [0.5, 0.6) is 11.6 Å². The summed E-state index contributed by atoms with van der Waals surface area (Å²) in [6.07, 6.45) is 9.98. The van der Waals surface area contributed by atoms with E-state index in [9.17, 15) is 0 Å². The SMILES string of the molecule is CNCc1cc(-c2cnc(N)c(Oc3cnn(C4CCN(C)CC4)c3)n2)cc(N2CCC[C@H]2C)c1. The van der Waals surface area contributed by atoms with Crippen LogP contribution in [0.2, 0.25) is 0 Å². The van der Waals surface area contributed by atoms with Crippen molar-refractivity contribution in [3.8, 4) is 22.9 Å². The molecule has 0 bridgehead atoms. The van der Waals surface area contributed by atoms with Crippen molar-refractivity contribution in [3.63, 3.8) is 0 Å². The van der Waals surface area contributed by atoms with Crippen LogP contribution < -0.4 is 20.7 Å². The second kappa shape index (κ2) is 10.2. The van der Waals surface area contributed by atoms with Crippen LogP contribution in [0.15, 0.2) is 36.8 Å². The van der Waals surface area contributed by atoms with Crippen LogP contribution in [0.4, 0.5) is 11.5 Å². The van der Waals surface area contributed by atoms with Gasteiger partial charge in [-0.1, -0.05) is 0 Å². The minimum absolute atomic E-state index is 0.264. The van der Waals surface area contributed by atoms with Crippen molar-refractivity contribution < 1.29 is 4.74 Å². The molecule has 2 aliphatic heterocycles. The third-order valence-corrected chi connectivity index (χ3v) is 7.16. The van der Waals surface area contributed by atoms with Crippen molar-refractivity contribution in [2.24, 2.45) is 0 Å². The van der Waals surface area contributed by atoms with E-state index in [-0.39, 0.29) is 5.82 Å². The van der Waals surface area contributed by atoms with Crippen LogP contribution in [0.25, 0.3) is 11.3 Å². The first-order chi connectivity index (χ1) is 17.0. The molecule has 9 nitrogen and oxygen atoms in total. The molecule has 9 heteroatoms. The summed E-state index contributed by atoms with van der Waals surface area (Å²) in [6.45, 7) is 6.30. The molecule has 186 valence electrons. The summed E-state index contributed by atoms with van der Waals surface area (Å²) >= 11 is 0. The van der Waals surface area contributed by atoms with Crippen molar-refractivity contribution >= 4 is 11.5 Å². The molecule has 0 unspecified atom stereocenters. The zero-order chi connectivity index (χ0) is 24.4. The number of nitrogens with two attached hydrogens (primary N) is 1. The number of likely N-dealkylation sites (tertiary alicyclic amines) is 1. The van der Waals surface area contributed by atoms with E-state index in [0.29, 0.717) is 23.7 Å². The van der Waals surface area contributed by atoms with Crippen LogP contribution in [-0.4, -0.2) is 64.4 Å². The molecule has 2 fully saturated rings. The predicted octanol–water partition coefficient (Wildman–Crippen LogP) is 3.69. The molecule has 1 atom stereocenters. The van der Waals surface area contributed by atoms with E-state index >= 15 is 0 Å². The maximum atomic E-state index is 6.16. The Hall–Kier alpha value is -3.17. The van der Waals surface area contributed by atoms with Crippen LogP contribution in [-0.2, 0) is 6.54 Å². The lowest BCUT2D eigenvalue weighted by Crippen LogP contribution is -2.31. The van der Waals surface area contributed by atoms with Gasteiger partial charge in [0.05, 0.1) is 30.3 Å². The van der Waals surface area contributed by atoms with Gasteiger partial charge in [-0.2, -0.15) is 5.10 Å². The third-order valence-electron chi connectivity index (χ3n) is 7.16. The van der Waals surface area contributed by atoms with Crippen molar-refractivity contribution in [1.82, 2.24) is 30.0 Å². The quantitative estimate of drug-likeness (QED) is 0.533. The summed E-state index contributed by atoms with van der Waals surface area (Å²) in [5, 5.41) is 7.80. The highest BCUT2D eigenvalue weighted by Gasteiger charge is 2.22. The molecular formula is C26H36N8O. The molecule has 5 rings (SSSR count). The molecule has 35 heavy (non-hydrogen) atoms. The van der Waals surface area contributed by atoms with Crippen molar-refractivity contribution in [2.75, 3.05) is 44.4 Å². The van der Waals surface area contributed by atoms with Gasteiger partial charge in [0.25, 0.3) is 5.88 Å². The van der Waals surface area contributed by atoms with Gasteiger partial charge < -0.3 is 25.6 Å². The Morgan fingerprint density at radius 3 is 2.69 bits per heavy atom. The number of rotatable bonds is 7. The fourth-order valence-corrected chi connectivity index (χ4v) is 5.15. The topological polar surface area (TPSA) is 97.4 Å². The fourth-order valence-electron chi connectivity index (χ4n) is 5.15. The van der Waals surface area contributed by atoms with Crippen molar-refractivity contribution in [3.05, 3.63) is 42.4 Å². The normalized spacial score (nSPS) is 19.4. The third kappa shape index (κ3) is 5.26. The Morgan fingerprint density at radius 2 is 1.94 bits per heavy atom. The maximum Gasteiger partial charge on any atom is 0.263 e.